The van der Waals surface area contributed by atoms with Gasteiger partial charge in [-0.1, -0.05) is 31.0 Å². The number of likely N-dealkylation sites (N-methyl/N-ethyl adjacent to an activating group) is 1. The highest BCUT2D eigenvalue weighted by Crippen LogP contribution is 2.18. The van der Waals surface area contributed by atoms with Crippen molar-refractivity contribution in [2.24, 2.45) is 0 Å². The minimum Gasteiger partial charge on any atom is -0.344 e. The molecule has 1 amide bonds. The summed E-state index contributed by atoms with van der Waals surface area (Å²) in [6, 6.07) is 7.10. The Balaban J connectivity index is 2.90. The number of carbonyl (C=O) groups is 1. The van der Waals surface area contributed by atoms with E-state index in [-0.39, 0.29) is 12.5 Å². The number of hydrogen-bond donors (Lipinski definition) is 0. The van der Waals surface area contributed by atoms with E-state index in [0.717, 1.165) is 29.0 Å². The fourth-order valence-electron chi connectivity index (χ4n) is 1.87. The number of amides is 1. The average molecular weight is 312 g/mol. The van der Waals surface area contributed by atoms with E-state index in [1.165, 1.54) is 0 Å². The van der Waals surface area contributed by atoms with Crippen molar-refractivity contribution in [2.75, 3.05) is 30.7 Å². The third-order valence-electron chi connectivity index (χ3n) is 3.27. The van der Waals surface area contributed by atoms with Crippen LogP contribution in [0.5, 0.6) is 0 Å². The average Bonchev–Trinajstić information content (AvgIpc) is 2.41. The summed E-state index contributed by atoms with van der Waals surface area (Å²) in [6.07, 6.45) is 3.02. The zero-order valence-electron chi connectivity index (χ0n) is 13.2. The van der Waals surface area contributed by atoms with Gasteiger partial charge in [-0.2, -0.15) is 0 Å². The van der Waals surface area contributed by atoms with E-state index in [4.69, 9.17) is 0 Å². The summed E-state index contributed by atoms with van der Waals surface area (Å²) in [6.45, 7) is 4.45. The summed E-state index contributed by atoms with van der Waals surface area (Å²) < 4.78 is 25.0. The molecule has 6 heteroatoms. The van der Waals surface area contributed by atoms with Gasteiger partial charge in [0, 0.05) is 13.6 Å². The second kappa shape index (κ2) is 7.45. The Morgan fingerprint density at radius 2 is 1.76 bits per heavy atom. The third kappa shape index (κ3) is 5.38. The Bertz CT molecular complexity index is 567. The molecule has 0 aliphatic heterocycles. The van der Waals surface area contributed by atoms with Crippen LogP contribution in [0, 0.1) is 6.92 Å². The van der Waals surface area contributed by atoms with E-state index in [1.54, 1.807) is 24.1 Å². The first-order chi connectivity index (χ1) is 9.75. The van der Waals surface area contributed by atoms with E-state index in [1.807, 2.05) is 26.0 Å². The van der Waals surface area contributed by atoms with Crippen molar-refractivity contribution in [3.63, 3.8) is 0 Å². The van der Waals surface area contributed by atoms with E-state index in [9.17, 15) is 13.2 Å². The molecular formula is C15H24N2O3S. The highest BCUT2D eigenvalue weighted by molar-refractivity contribution is 7.92. The van der Waals surface area contributed by atoms with Gasteiger partial charge >= 0.3 is 0 Å². The van der Waals surface area contributed by atoms with Crippen LogP contribution in [0.4, 0.5) is 5.69 Å². The van der Waals surface area contributed by atoms with Crippen LogP contribution >= 0.6 is 0 Å². The number of aryl methyl sites for hydroxylation is 1. The molecule has 0 heterocycles. The van der Waals surface area contributed by atoms with Crippen molar-refractivity contribution in [1.29, 1.82) is 0 Å². The molecule has 5 nitrogen and oxygen atoms in total. The summed E-state index contributed by atoms with van der Waals surface area (Å²) >= 11 is 0. The Labute approximate surface area is 127 Å². The van der Waals surface area contributed by atoms with Crippen molar-refractivity contribution < 1.29 is 13.2 Å². The first kappa shape index (κ1) is 17.5. The first-order valence-electron chi connectivity index (χ1n) is 7.04. The maximum absolute atomic E-state index is 12.2. The highest BCUT2D eigenvalue weighted by atomic mass is 32.2. The maximum Gasteiger partial charge on any atom is 0.243 e. The molecule has 0 aliphatic carbocycles. The highest BCUT2D eigenvalue weighted by Gasteiger charge is 2.22. The van der Waals surface area contributed by atoms with Crippen molar-refractivity contribution >= 4 is 21.6 Å². The smallest absolute Gasteiger partial charge is 0.243 e. The van der Waals surface area contributed by atoms with Gasteiger partial charge in [-0.05, 0) is 25.5 Å². The molecule has 0 bridgehead atoms. The van der Waals surface area contributed by atoms with Crippen LogP contribution in [0.3, 0.4) is 0 Å². The summed E-state index contributed by atoms with van der Waals surface area (Å²) in [5.74, 6) is -0.200. The van der Waals surface area contributed by atoms with Gasteiger partial charge in [-0.3, -0.25) is 9.10 Å². The number of carbonyl (C=O) groups excluding carboxylic acids is 1. The molecule has 1 aromatic carbocycles. The van der Waals surface area contributed by atoms with Gasteiger partial charge in [0.2, 0.25) is 15.9 Å². The van der Waals surface area contributed by atoms with Gasteiger partial charge in [0.1, 0.15) is 6.54 Å². The normalized spacial score (nSPS) is 11.2. The largest absolute Gasteiger partial charge is 0.344 e. The second-order valence-corrected chi connectivity index (χ2v) is 7.18. The predicted octanol–water partition coefficient (Wildman–Crippen LogP) is 2.02. The van der Waals surface area contributed by atoms with Gasteiger partial charge in [-0.15, -0.1) is 0 Å². The number of anilines is 1. The number of rotatable bonds is 7. The van der Waals surface area contributed by atoms with Crippen molar-refractivity contribution in [3.05, 3.63) is 29.8 Å². The number of unbranched alkanes of at least 4 members (excludes halogenated alkanes) is 1. The van der Waals surface area contributed by atoms with Gasteiger partial charge in [0.05, 0.1) is 11.9 Å². The molecule has 0 aromatic heterocycles. The van der Waals surface area contributed by atoms with Crippen LogP contribution in [0.2, 0.25) is 0 Å². The number of sulfonamides is 1. The van der Waals surface area contributed by atoms with Gasteiger partial charge in [0.25, 0.3) is 0 Å². The third-order valence-corrected chi connectivity index (χ3v) is 4.41. The van der Waals surface area contributed by atoms with Gasteiger partial charge < -0.3 is 4.90 Å². The molecule has 0 fully saturated rings. The van der Waals surface area contributed by atoms with Crippen LogP contribution < -0.4 is 4.31 Å². The topological polar surface area (TPSA) is 57.7 Å². The van der Waals surface area contributed by atoms with Crippen molar-refractivity contribution in [1.82, 2.24) is 4.90 Å². The molecule has 0 saturated heterocycles. The van der Waals surface area contributed by atoms with Crippen LogP contribution in [-0.2, 0) is 14.8 Å². The van der Waals surface area contributed by atoms with E-state index in [2.05, 4.69) is 0 Å². The molecule has 0 spiro atoms. The standard InChI is InChI=1S/C15H24N2O3S/c1-5-6-11-16(3)15(18)12-17(21(4,19)20)14-9-7-13(2)8-10-14/h7-10H,5-6,11-12H2,1-4H3. The monoisotopic (exact) mass is 312 g/mol. The Morgan fingerprint density at radius 1 is 1.19 bits per heavy atom. The van der Waals surface area contributed by atoms with E-state index >= 15 is 0 Å². The van der Waals surface area contributed by atoms with Gasteiger partial charge in [0.15, 0.2) is 0 Å². The van der Waals surface area contributed by atoms with Crippen LogP contribution in [0.15, 0.2) is 24.3 Å². The lowest BCUT2D eigenvalue weighted by molar-refractivity contribution is -0.128. The summed E-state index contributed by atoms with van der Waals surface area (Å²) in [7, 11) is -1.79. The summed E-state index contributed by atoms with van der Waals surface area (Å²) in [5.41, 5.74) is 1.55. The van der Waals surface area contributed by atoms with Gasteiger partial charge in [-0.25, -0.2) is 8.42 Å². The van der Waals surface area contributed by atoms with Crippen LogP contribution in [-0.4, -0.2) is 45.6 Å². The maximum atomic E-state index is 12.2. The zero-order valence-corrected chi connectivity index (χ0v) is 14.0. The molecule has 1 aromatic rings. The lowest BCUT2D eigenvalue weighted by Crippen LogP contribution is -2.41. The van der Waals surface area contributed by atoms with E-state index in [0.29, 0.717) is 12.2 Å². The number of benzene rings is 1. The Kier molecular flexibility index (Phi) is 6.20. The number of nitrogens with zero attached hydrogens (tertiary/aromatic N) is 2. The minimum atomic E-state index is -3.49. The molecule has 0 unspecified atom stereocenters. The quantitative estimate of drug-likeness (QED) is 0.774. The lowest BCUT2D eigenvalue weighted by Gasteiger charge is -2.25. The number of hydrogen-bond acceptors (Lipinski definition) is 3. The molecule has 0 aliphatic rings. The molecule has 118 valence electrons. The lowest BCUT2D eigenvalue weighted by atomic mass is 10.2. The SMILES string of the molecule is CCCCN(C)C(=O)CN(c1ccc(C)cc1)S(C)(=O)=O. The Hall–Kier alpha value is -1.56. The second-order valence-electron chi connectivity index (χ2n) is 5.27. The van der Waals surface area contributed by atoms with Crippen molar-refractivity contribution in [3.8, 4) is 0 Å². The molecule has 0 radical (unpaired) electrons. The minimum absolute atomic E-state index is 0.165. The molecule has 0 saturated carbocycles. The summed E-state index contributed by atoms with van der Waals surface area (Å²) in [5, 5.41) is 0. The molecule has 0 atom stereocenters. The fraction of sp³-hybridized carbons (Fsp3) is 0.533. The Morgan fingerprint density at radius 3 is 2.24 bits per heavy atom. The molecule has 21 heavy (non-hydrogen) atoms. The molecule has 0 N–H and O–H groups in total. The summed E-state index contributed by atoms with van der Waals surface area (Å²) in [4.78, 5) is 13.7. The first-order valence-corrected chi connectivity index (χ1v) is 8.89. The van der Waals surface area contributed by atoms with Crippen LogP contribution in [0.1, 0.15) is 25.3 Å². The molecular weight excluding hydrogens is 288 g/mol. The van der Waals surface area contributed by atoms with Crippen molar-refractivity contribution in [2.45, 2.75) is 26.7 Å². The molecule has 1 rings (SSSR count). The van der Waals surface area contributed by atoms with Crippen LogP contribution in [0.25, 0.3) is 0 Å². The fourth-order valence-corrected chi connectivity index (χ4v) is 2.72. The van der Waals surface area contributed by atoms with E-state index < -0.39 is 10.0 Å². The predicted molar refractivity (Wildman–Crippen MR) is 85.9 cm³/mol. The zero-order chi connectivity index (χ0) is 16.0.